The molecule has 4 nitrogen and oxygen atoms in total. The zero-order chi connectivity index (χ0) is 23.2. The highest BCUT2D eigenvalue weighted by Gasteiger charge is 2.50. The summed E-state index contributed by atoms with van der Waals surface area (Å²) < 4.78 is 13.0. The maximum atomic E-state index is 6.49. The Morgan fingerprint density at radius 1 is 0.688 bits per heavy atom. The maximum Gasteiger partial charge on any atom is 0.246 e. The van der Waals surface area contributed by atoms with Gasteiger partial charge in [-0.05, 0) is 38.6 Å². The van der Waals surface area contributed by atoms with E-state index in [1.54, 1.807) is 0 Å². The topological polar surface area (TPSA) is 24.9 Å². The monoisotopic (exact) mass is 452 g/mol. The van der Waals surface area contributed by atoms with Crippen molar-refractivity contribution in [3.63, 3.8) is 0 Å². The van der Waals surface area contributed by atoms with Gasteiger partial charge < -0.3 is 9.47 Å². The molecule has 2 saturated carbocycles. The van der Waals surface area contributed by atoms with Gasteiger partial charge in [0.1, 0.15) is 0 Å². The second-order valence-electron chi connectivity index (χ2n) is 10.3. The van der Waals surface area contributed by atoms with Crippen molar-refractivity contribution in [3.05, 3.63) is 0 Å². The number of rotatable bonds is 16. The molecule has 0 aromatic carbocycles. The maximum absolute atomic E-state index is 6.49. The number of hydrogen-bond acceptors (Lipinski definition) is 4. The van der Waals surface area contributed by atoms with Crippen LogP contribution in [0, 0.1) is 0 Å². The van der Waals surface area contributed by atoms with E-state index in [2.05, 4.69) is 30.6 Å². The molecule has 0 saturated heterocycles. The molecule has 4 heteroatoms. The molecule has 2 fully saturated rings. The average molecular weight is 453 g/mol. The van der Waals surface area contributed by atoms with Gasteiger partial charge >= 0.3 is 0 Å². The van der Waals surface area contributed by atoms with Gasteiger partial charge in [0.25, 0.3) is 0 Å². The van der Waals surface area contributed by atoms with E-state index < -0.39 is 5.91 Å². The Kier molecular flexibility index (Phi) is 13.8. The Hall–Kier alpha value is -0.160. The summed E-state index contributed by atoms with van der Waals surface area (Å²) in [4.78, 5) is 5.41. The van der Waals surface area contributed by atoms with E-state index >= 15 is 0 Å². The number of nitrogens with zero attached hydrogens (tertiary/aromatic N) is 2. The molecule has 2 rings (SSSR count). The van der Waals surface area contributed by atoms with Gasteiger partial charge in [0, 0.05) is 32.8 Å². The van der Waals surface area contributed by atoms with Gasteiger partial charge in [0.15, 0.2) is 0 Å². The van der Waals surface area contributed by atoms with E-state index in [-0.39, 0.29) is 0 Å². The average Bonchev–Trinajstić information content (AvgIpc) is 2.85. The molecule has 2 aliphatic rings. The molecule has 0 radical (unpaired) electrons. The number of likely N-dealkylation sites (N-methyl/N-ethyl adjacent to an activating group) is 2. The van der Waals surface area contributed by atoms with Crippen molar-refractivity contribution >= 4 is 0 Å². The first-order valence-electron chi connectivity index (χ1n) is 14.3. The predicted octanol–water partition coefficient (Wildman–Crippen LogP) is 7.36. The summed E-state index contributed by atoms with van der Waals surface area (Å²) in [5.74, 6) is -0.645. The lowest BCUT2D eigenvalue weighted by Crippen LogP contribution is -2.68. The molecule has 32 heavy (non-hydrogen) atoms. The lowest BCUT2D eigenvalue weighted by atomic mass is 9.89. The van der Waals surface area contributed by atoms with E-state index in [0.29, 0.717) is 18.1 Å². The minimum Gasteiger partial charge on any atom is -0.339 e. The second kappa shape index (κ2) is 15.7. The van der Waals surface area contributed by atoms with Gasteiger partial charge in [0.05, 0.1) is 6.04 Å². The van der Waals surface area contributed by atoms with Crippen LogP contribution in [0.5, 0.6) is 0 Å². The molecule has 190 valence electrons. The van der Waals surface area contributed by atoms with Crippen molar-refractivity contribution in [3.8, 4) is 0 Å². The smallest absolute Gasteiger partial charge is 0.246 e. The van der Waals surface area contributed by atoms with Crippen molar-refractivity contribution in [2.24, 2.45) is 0 Å². The summed E-state index contributed by atoms with van der Waals surface area (Å²) in [7, 11) is 3.80. The Labute approximate surface area is 200 Å². The van der Waals surface area contributed by atoms with Crippen LogP contribution in [-0.4, -0.2) is 61.1 Å². The summed E-state index contributed by atoms with van der Waals surface area (Å²) in [6.45, 7) is 9.04. The fourth-order valence-corrected chi connectivity index (χ4v) is 6.73. The van der Waals surface area contributed by atoms with Crippen LogP contribution in [-0.2, 0) is 9.47 Å². The zero-order valence-corrected chi connectivity index (χ0v) is 22.4. The minimum absolute atomic E-state index is 0.290. The molecule has 0 aliphatic heterocycles. The first-order valence-corrected chi connectivity index (χ1v) is 14.3. The Morgan fingerprint density at radius 2 is 1.22 bits per heavy atom. The molecule has 0 N–H and O–H groups in total. The van der Waals surface area contributed by atoms with E-state index in [1.165, 1.54) is 109 Å². The lowest BCUT2D eigenvalue weighted by Gasteiger charge is -2.54. The van der Waals surface area contributed by atoms with Gasteiger partial charge in [-0.3, -0.25) is 4.90 Å². The van der Waals surface area contributed by atoms with Crippen LogP contribution >= 0.6 is 0 Å². The molecule has 0 bridgehead atoms. The summed E-state index contributed by atoms with van der Waals surface area (Å²) in [6.07, 6.45) is 22.6. The van der Waals surface area contributed by atoms with Crippen LogP contribution in [0.1, 0.15) is 130 Å². The summed E-state index contributed by atoms with van der Waals surface area (Å²) >= 11 is 0. The van der Waals surface area contributed by atoms with Gasteiger partial charge in [0.2, 0.25) is 5.91 Å². The van der Waals surface area contributed by atoms with Gasteiger partial charge in [-0.1, -0.05) is 97.8 Å². The van der Waals surface area contributed by atoms with E-state index in [4.69, 9.17) is 9.47 Å². The summed E-state index contributed by atoms with van der Waals surface area (Å²) in [6, 6.07) is 1.54. The van der Waals surface area contributed by atoms with Crippen molar-refractivity contribution in [1.82, 2.24) is 9.80 Å². The number of unbranched alkanes of at least 4 members (excludes halogenated alkanes) is 5. The number of hydrogen-bond donors (Lipinski definition) is 0. The number of methoxy groups -OCH3 is 2. The lowest BCUT2D eigenvalue weighted by molar-refractivity contribution is -0.337. The second-order valence-corrected chi connectivity index (χ2v) is 10.3. The van der Waals surface area contributed by atoms with Crippen molar-refractivity contribution in [2.75, 3.05) is 27.3 Å². The predicted molar refractivity (Wildman–Crippen MR) is 137 cm³/mol. The van der Waals surface area contributed by atoms with Gasteiger partial charge in [-0.25, -0.2) is 4.90 Å². The van der Waals surface area contributed by atoms with Crippen molar-refractivity contribution < 1.29 is 9.47 Å². The Balaban J connectivity index is 2.27. The third-order valence-electron chi connectivity index (χ3n) is 8.40. The first-order chi connectivity index (χ1) is 15.7. The largest absolute Gasteiger partial charge is 0.339 e. The fourth-order valence-electron chi connectivity index (χ4n) is 6.73. The summed E-state index contributed by atoms with van der Waals surface area (Å²) in [5, 5.41) is 0. The molecule has 1 atom stereocenters. The van der Waals surface area contributed by atoms with Gasteiger partial charge in [-0.15, -0.1) is 0 Å². The molecule has 0 heterocycles. The molecular formula is C28H56N2O2. The highest BCUT2D eigenvalue weighted by molar-refractivity contribution is 4.94. The molecule has 0 aromatic rings. The van der Waals surface area contributed by atoms with Crippen LogP contribution in [0.25, 0.3) is 0 Å². The third kappa shape index (κ3) is 7.42. The van der Waals surface area contributed by atoms with Crippen LogP contribution in [0.3, 0.4) is 0 Å². The van der Waals surface area contributed by atoms with E-state index in [1.807, 2.05) is 14.2 Å². The highest BCUT2D eigenvalue weighted by atomic mass is 16.7. The Morgan fingerprint density at radius 3 is 1.72 bits per heavy atom. The Bertz CT molecular complexity index is 456. The SMILES string of the molecule is CCCCCCCCC(N(CC)C1CCCCC1)C(OC)(OC)N(CC)C1CCCCC1. The zero-order valence-electron chi connectivity index (χ0n) is 22.4. The van der Waals surface area contributed by atoms with Crippen molar-refractivity contribution in [2.45, 2.75) is 154 Å². The molecular weight excluding hydrogens is 396 g/mol. The van der Waals surface area contributed by atoms with Crippen molar-refractivity contribution in [1.29, 1.82) is 0 Å². The summed E-state index contributed by atoms with van der Waals surface area (Å²) in [5.41, 5.74) is 0. The van der Waals surface area contributed by atoms with E-state index in [9.17, 15) is 0 Å². The van der Waals surface area contributed by atoms with Crippen LogP contribution in [0.2, 0.25) is 0 Å². The molecule has 1 unspecified atom stereocenters. The molecule has 0 aromatic heterocycles. The van der Waals surface area contributed by atoms with E-state index in [0.717, 1.165) is 13.1 Å². The quantitative estimate of drug-likeness (QED) is 0.180. The standard InChI is InChI=1S/C28H56N2O2/c1-6-9-10-11-12-19-24-27(29(7-2)25-20-15-13-16-21-25)28(31-4,32-5)30(8-3)26-22-17-14-18-23-26/h25-27H,6-24H2,1-5H3. The normalized spacial score (nSPS) is 20.3. The minimum atomic E-state index is -0.645. The molecule has 0 spiro atoms. The van der Waals surface area contributed by atoms with Gasteiger partial charge in [-0.2, -0.15) is 0 Å². The fraction of sp³-hybridized carbons (Fsp3) is 1.00. The van der Waals surface area contributed by atoms with Crippen LogP contribution < -0.4 is 0 Å². The number of ether oxygens (including phenoxy) is 2. The first kappa shape index (κ1) is 28.1. The van der Waals surface area contributed by atoms with Crippen LogP contribution in [0.15, 0.2) is 0 Å². The highest BCUT2D eigenvalue weighted by Crippen LogP contribution is 2.38. The molecule has 2 aliphatic carbocycles. The van der Waals surface area contributed by atoms with Crippen LogP contribution in [0.4, 0.5) is 0 Å². The molecule has 0 amide bonds. The third-order valence-corrected chi connectivity index (χ3v) is 8.40.